The van der Waals surface area contributed by atoms with Crippen LogP contribution in [0.4, 0.5) is 0 Å². The molecule has 0 N–H and O–H groups in total. The number of benzene rings is 1. The summed E-state index contributed by atoms with van der Waals surface area (Å²) in [6, 6.07) is 12.5. The van der Waals surface area contributed by atoms with E-state index in [1.807, 2.05) is 17.0 Å². The summed E-state index contributed by atoms with van der Waals surface area (Å²) in [5.74, 6) is 0.264. The van der Waals surface area contributed by atoms with E-state index in [2.05, 4.69) is 29.2 Å². The highest BCUT2D eigenvalue weighted by molar-refractivity contribution is 5.76. The maximum absolute atomic E-state index is 12.4. The third-order valence-corrected chi connectivity index (χ3v) is 4.15. The molecule has 3 rings (SSSR count). The molecule has 0 spiro atoms. The molecule has 0 saturated heterocycles. The second kappa shape index (κ2) is 6.53. The van der Waals surface area contributed by atoms with E-state index in [9.17, 15) is 4.79 Å². The lowest BCUT2D eigenvalue weighted by molar-refractivity contribution is -0.131. The number of aryl methyl sites for hydroxylation is 1. The molecule has 0 bridgehead atoms. The van der Waals surface area contributed by atoms with Crippen molar-refractivity contribution in [3.63, 3.8) is 0 Å². The Morgan fingerprint density at radius 1 is 1.00 bits per heavy atom. The van der Waals surface area contributed by atoms with Crippen molar-refractivity contribution in [2.24, 2.45) is 0 Å². The van der Waals surface area contributed by atoms with Crippen LogP contribution in [-0.4, -0.2) is 28.9 Å². The van der Waals surface area contributed by atoms with Gasteiger partial charge in [-0.05, 0) is 48.1 Å². The number of carbonyl (C=O) groups excluding carboxylic acids is 1. The number of fused-ring (bicyclic) bond motifs is 1. The van der Waals surface area contributed by atoms with Gasteiger partial charge in [0.2, 0.25) is 5.91 Å². The van der Waals surface area contributed by atoms with Gasteiger partial charge in [-0.2, -0.15) is 0 Å². The van der Waals surface area contributed by atoms with E-state index in [-0.39, 0.29) is 5.91 Å². The Labute approximate surface area is 125 Å². The zero-order chi connectivity index (χ0) is 14.5. The Balaban J connectivity index is 1.57. The summed E-state index contributed by atoms with van der Waals surface area (Å²) in [4.78, 5) is 18.4. The Morgan fingerprint density at radius 2 is 1.62 bits per heavy atom. The quantitative estimate of drug-likeness (QED) is 0.866. The smallest absolute Gasteiger partial charge is 0.222 e. The van der Waals surface area contributed by atoms with Crippen LogP contribution in [0.3, 0.4) is 0 Å². The molecule has 0 unspecified atom stereocenters. The van der Waals surface area contributed by atoms with E-state index < -0.39 is 0 Å². The zero-order valence-electron chi connectivity index (χ0n) is 12.2. The van der Waals surface area contributed by atoms with Gasteiger partial charge in [0.15, 0.2) is 0 Å². The Morgan fingerprint density at radius 3 is 2.24 bits per heavy atom. The maximum atomic E-state index is 12.4. The highest BCUT2D eigenvalue weighted by atomic mass is 16.2. The molecule has 1 aliphatic heterocycles. The largest absolute Gasteiger partial charge is 0.342 e. The first kappa shape index (κ1) is 13.8. The van der Waals surface area contributed by atoms with Crippen LogP contribution in [0.1, 0.15) is 23.1 Å². The van der Waals surface area contributed by atoms with Crippen molar-refractivity contribution in [2.45, 2.75) is 25.7 Å². The second-order valence-corrected chi connectivity index (χ2v) is 5.50. The number of carbonyl (C=O) groups is 1. The topological polar surface area (TPSA) is 33.2 Å². The fourth-order valence-electron chi connectivity index (χ4n) is 2.88. The number of nitrogens with zero attached hydrogens (tertiary/aromatic N) is 2. The highest BCUT2D eigenvalue weighted by Gasteiger charge is 2.17. The minimum atomic E-state index is 0.264. The number of hydrogen-bond donors (Lipinski definition) is 0. The first-order chi connectivity index (χ1) is 10.3. The molecule has 1 aromatic heterocycles. The van der Waals surface area contributed by atoms with Crippen molar-refractivity contribution in [2.75, 3.05) is 13.1 Å². The molecule has 2 heterocycles. The summed E-state index contributed by atoms with van der Waals surface area (Å²) in [7, 11) is 0. The highest BCUT2D eigenvalue weighted by Crippen LogP contribution is 2.16. The summed E-state index contributed by atoms with van der Waals surface area (Å²) >= 11 is 0. The van der Waals surface area contributed by atoms with E-state index in [0.29, 0.717) is 6.42 Å². The predicted octanol–water partition coefficient (Wildman–Crippen LogP) is 2.64. The van der Waals surface area contributed by atoms with Gasteiger partial charge in [0.05, 0.1) is 0 Å². The number of pyridine rings is 1. The lowest BCUT2D eigenvalue weighted by Crippen LogP contribution is -2.33. The minimum Gasteiger partial charge on any atom is -0.342 e. The Hall–Kier alpha value is -2.16. The van der Waals surface area contributed by atoms with Gasteiger partial charge in [0.1, 0.15) is 0 Å². The Kier molecular flexibility index (Phi) is 4.29. The SMILES string of the molecule is O=C(CCc1ccncc1)N1CCc2ccccc2CC1. The summed E-state index contributed by atoms with van der Waals surface area (Å²) < 4.78 is 0. The zero-order valence-corrected chi connectivity index (χ0v) is 12.2. The van der Waals surface area contributed by atoms with Crippen molar-refractivity contribution in [1.82, 2.24) is 9.88 Å². The van der Waals surface area contributed by atoms with Crippen LogP contribution in [0.5, 0.6) is 0 Å². The molecule has 3 nitrogen and oxygen atoms in total. The third-order valence-electron chi connectivity index (χ3n) is 4.15. The number of hydrogen-bond acceptors (Lipinski definition) is 2. The second-order valence-electron chi connectivity index (χ2n) is 5.50. The van der Waals surface area contributed by atoms with Crippen molar-refractivity contribution in [3.8, 4) is 0 Å². The van der Waals surface area contributed by atoms with Crippen molar-refractivity contribution in [1.29, 1.82) is 0 Å². The van der Waals surface area contributed by atoms with E-state index in [0.717, 1.165) is 32.4 Å². The van der Waals surface area contributed by atoms with Gasteiger partial charge in [-0.25, -0.2) is 0 Å². The van der Waals surface area contributed by atoms with Crippen LogP contribution >= 0.6 is 0 Å². The third kappa shape index (κ3) is 3.48. The lowest BCUT2D eigenvalue weighted by Gasteiger charge is -2.20. The Bertz CT molecular complexity index is 583. The van der Waals surface area contributed by atoms with Crippen LogP contribution in [0.2, 0.25) is 0 Å². The van der Waals surface area contributed by atoms with Crippen molar-refractivity contribution >= 4 is 5.91 Å². The van der Waals surface area contributed by atoms with Gasteiger partial charge in [-0.1, -0.05) is 24.3 Å². The fraction of sp³-hybridized carbons (Fsp3) is 0.333. The van der Waals surface area contributed by atoms with E-state index >= 15 is 0 Å². The molecular weight excluding hydrogens is 260 g/mol. The van der Waals surface area contributed by atoms with Crippen LogP contribution in [-0.2, 0) is 24.1 Å². The standard InChI is InChI=1S/C18H20N2O/c21-18(6-5-15-7-11-19-12-8-15)20-13-9-16-3-1-2-4-17(16)10-14-20/h1-4,7-8,11-12H,5-6,9-10,13-14H2. The van der Waals surface area contributed by atoms with Crippen LogP contribution in [0.15, 0.2) is 48.8 Å². The molecule has 0 atom stereocenters. The molecule has 1 amide bonds. The summed E-state index contributed by atoms with van der Waals surface area (Å²) in [5, 5.41) is 0. The number of aromatic nitrogens is 1. The normalized spacial score (nSPS) is 14.4. The van der Waals surface area contributed by atoms with Crippen LogP contribution in [0.25, 0.3) is 0 Å². The first-order valence-corrected chi connectivity index (χ1v) is 7.56. The molecule has 108 valence electrons. The van der Waals surface area contributed by atoms with Gasteiger partial charge in [0.25, 0.3) is 0 Å². The van der Waals surface area contributed by atoms with Gasteiger partial charge >= 0.3 is 0 Å². The van der Waals surface area contributed by atoms with E-state index in [1.165, 1.54) is 16.7 Å². The molecule has 0 saturated carbocycles. The van der Waals surface area contributed by atoms with Gasteiger partial charge in [0, 0.05) is 31.9 Å². The average molecular weight is 280 g/mol. The average Bonchev–Trinajstić information content (AvgIpc) is 2.76. The maximum Gasteiger partial charge on any atom is 0.222 e. The summed E-state index contributed by atoms with van der Waals surface area (Å²) in [6.07, 6.45) is 6.88. The van der Waals surface area contributed by atoms with Crippen LogP contribution < -0.4 is 0 Å². The van der Waals surface area contributed by atoms with Crippen molar-refractivity contribution in [3.05, 3.63) is 65.5 Å². The van der Waals surface area contributed by atoms with E-state index in [1.54, 1.807) is 12.4 Å². The minimum absolute atomic E-state index is 0.264. The molecule has 1 aliphatic rings. The summed E-state index contributed by atoms with van der Waals surface area (Å²) in [5.41, 5.74) is 3.96. The fourth-order valence-corrected chi connectivity index (χ4v) is 2.88. The molecule has 0 fully saturated rings. The molecule has 2 aromatic rings. The van der Waals surface area contributed by atoms with Gasteiger partial charge in [-0.3, -0.25) is 9.78 Å². The van der Waals surface area contributed by atoms with Crippen molar-refractivity contribution < 1.29 is 4.79 Å². The number of amides is 1. The van der Waals surface area contributed by atoms with Gasteiger partial charge in [-0.15, -0.1) is 0 Å². The molecule has 21 heavy (non-hydrogen) atoms. The first-order valence-electron chi connectivity index (χ1n) is 7.56. The molecule has 3 heteroatoms. The molecule has 1 aromatic carbocycles. The molecular formula is C18H20N2O. The van der Waals surface area contributed by atoms with Crippen LogP contribution in [0, 0.1) is 0 Å². The molecule has 0 aliphatic carbocycles. The predicted molar refractivity (Wildman–Crippen MR) is 83.0 cm³/mol. The summed E-state index contributed by atoms with van der Waals surface area (Å²) in [6.45, 7) is 1.68. The number of rotatable bonds is 3. The van der Waals surface area contributed by atoms with Gasteiger partial charge < -0.3 is 4.90 Å². The lowest BCUT2D eigenvalue weighted by atomic mass is 10.0. The molecule has 0 radical (unpaired) electrons. The van der Waals surface area contributed by atoms with E-state index in [4.69, 9.17) is 0 Å². The monoisotopic (exact) mass is 280 g/mol.